The molecule has 0 radical (unpaired) electrons. The standard InChI is InChI=1S/C22H19N3O2/c1-27-17-10-8-16(9-11-17)24-21(14-5-3-2-4-6-14)20-18-13-15(23)7-12-19(18)25-22(20)26/h2-13,24H,23H2,1H3,(H,25,26). The normalized spacial score (nSPS) is 14.3. The van der Waals surface area contributed by atoms with Crippen LogP contribution in [0.25, 0.3) is 11.3 Å². The second kappa shape index (κ2) is 6.88. The minimum Gasteiger partial charge on any atom is -0.497 e. The van der Waals surface area contributed by atoms with Gasteiger partial charge >= 0.3 is 0 Å². The van der Waals surface area contributed by atoms with Crippen LogP contribution >= 0.6 is 0 Å². The summed E-state index contributed by atoms with van der Waals surface area (Å²) < 4.78 is 5.22. The van der Waals surface area contributed by atoms with Crippen LogP contribution in [0.4, 0.5) is 17.1 Å². The lowest BCUT2D eigenvalue weighted by Gasteiger charge is -2.15. The van der Waals surface area contributed by atoms with Gasteiger partial charge in [-0.1, -0.05) is 30.3 Å². The maximum absolute atomic E-state index is 12.8. The van der Waals surface area contributed by atoms with Crippen LogP contribution in [-0.4, -0.2) is 13.0 Å². The zero-order valence-corrected chi connectivity index (χ0v) is 14.8. The van der Waals surface area contributed by atoms with Crippen molar-refractivity contribution in [2.75, 3.05) is 23.5 Å². The Morgan fingerprint density at radius 2 is 1.74 bits per heavy atom. The lowest BCUT2D eigenvalue weighted by molar-refractivity contribution is -0.110. The van der Waals surface area contributed by atoms with E-state index in [1.807, 2.05) is 66.7 Å². The van der Waals surface area contributed by atoms with Gasteiger partial charge in [0, 0.05) is 22.6 Å². The highest BCUT2D eigenvalue weighted by molar-refractivity contribution is 6.37. The Hall–Kier alpha value is -3.73. The minimum absolute atomic E-state index is 0.157. The summed E-state index contributed by atoms with van der Waals surface area (Å²) >= 11 is 0. The summed E-state index contributed by atoms with van der Waals surface area (Å²) in [6.07, 6.45) is 0. The minimum atomic E-state index is -0.157. The van der Waals surface area contributed by atoms with Crippen LogP contribution in [0.3, 0.4) is 0 Å². The molecule has 0 unspecified atom stereocenters. The summed E-state index contributed by atoms with van der Waals surface area (Å²) in [6.45, 7) is 0. The number of anilines is 3. The Morgan fingerprint density at radius 3 is 2.44 bits per heavy atom. The fraction of sp³-hybridized carbons (Fsp3) is 0.0455. The van der Waals surface area contributed by atoms with Gasteiger partial charge in [0.25, 0.3) is 5.91 Å². The first-order valence-corrected chi connectivity index (χ1v) is 8.58. The van der Waals surface area contributed by atoms with Crippen molar-refractivity contribution in [3.8, 4) is 5.75 Å². The van der Waals surface area contributed by atoms with E-state index in [2.05, 4.69) is 10.6 Å². The van der Waals surface area contributed by atoms with Crippen molar-refractivity contribution >= 4 is 34.2 Å². The molecule has 4 N–H and O–H groups in total. The van der Waals surface area contributed by atoms with Gasteiger partial charge in [0.05, 0.1) is 18.4 Å². The molecule has 3 aromatic carbocycles. The molecule has 0 saturated carbocycles. The van der Waals surface area contributed by atoms with Gasteiger partial charge in [-0.15, -0.1) is 0 Å². The van der Waals surface area contributed by atoms with Gasteiger partial charge in [-0.3, -0.25) is 4.79 Å². The number of benzene rings is 3. The van der Waals surface area contributed by atoms with Crippen molar-refractivity contribution in [2.45, 2.75) is 0 Å². The first-order chi connectivity index (χ1) is 13.2. The Bertz CT molecular complexity index is 1030. The fourth-order valence-electron chi connectivity index (χ4n) is 3.14. The van der Waals surface area contributed by atoms with Crippen LogP contribution in [0.15, 0.2) is 72.8 Å². The molecule has 0 atom stereocenters. The highest BCUT2D eigenvalue weighted by Gasteiger charge is 2.28. The number of ether oxygens (including phenoxy) is 1. The monoisotopic (exact) mass is 357 g/mol. The van der Waals surface area contributed by atoms with Crippen LogP contribution in [0.5, 0.6) is 5.75 Å². The third-order valence-corrected chi connectivity index (χ3v) is 4.46. The zero-order chi connectivity index (χ0) is 18.8. The molecule has 1 amide bonds. The topological polar surface area (TPSA) is 76.4 Å². The number of rotatable bonds is 4. The number of carbonyl (C=O) groups excluding carboxylic acids is 1. The number of hydrogen-bond acceptors (Lipinski definition) is 4. The lowest BCUT2D eigenvalue weighted by Crippen LogP contribution is -2.10. The number of nitrogens with one attached hydrogen (secondary N) is 2. The molecular formula is C22H19N3O2. The average molecular weight is 357 g/mol. The highest BCUT2D eigenvalue weighted by atomic mass is 16.5. The van der Waals surface area contributed by atoms with E-state index in [1.165, 1.54) is 0 Å². The third-order valence-electron chi connectivity index (χ3n) is 4.46. The first-order valence-electron chi connectivity index (χ1n) is 8.58. The zero-order valence-electron chi connectivity index (χ0n) is 14.8. The maximum Gasteiger partial charge on any atom is 0.258 e. The average Bonchev–Trinajstić information content (AvgIpc) is 3.02. The summed E-state index contributed by atoms with van der Waals surface area (Å²) in [4.78, 5) is 12.8. The number of nitrogen functional groups attached to an aromatic ring is 1. The predicted molar refractivity (Wildman–Crippen MR) is 109 cm³/mol. The summed E-state index contributed by atoms with van der Waals surface area (Å²) in [5.74, 6) is 0.613. The molecule has 134 valence electrons. The van der Waals surface area contributed by atoms with E-state index >= 15 is 0 Å². The van der Waals surface area contributed by atoms with Gasteiger partial charge in [-0.05, 0) is 48.0 Å². The van der Waals surface area contributed by atoms with Crippen molar-refractivity contribution in [1.82, 2.24) is 0 Å². The van der Waals surface area contributed by atoms with Gasteiger partial charge in [0.2, 0.25) is 0 Å². The first kappa shape index (κ1) is 16.7. The third kappa shape index (κ3) is 3.22. The van der Waals surface area contributed by atoms with E-state index in [0.29, 0.717) is 11.3 Å². The molecule has 0 aromatic heterocycles. The van der Waals surface area contributed by atoms with E-state index in [9.17, 15) is 4.79 Å². The second-order valence-electron chi connectivity index (χ2n) is 6.23. The summed E-state index contributed by atoms with van der Waals surface area (Å²) in [5.41, 5.74) is 11.2. The van der Waals surface area contributed by atoms with Gasteiger partial charge in [-0.25, -0.2) is 0 Å². The van der Waals surface area contributed by atoms with E-state index < -0.39 is 0 Å². The summed E-state index contributed by atoms with van der Waals surface area (Å²) in [5, 5.41) is 6.32. The number of carbonyl (C=O) groups is 1. The molecular weight excluding hydrogens is 338 g/mol. The maximum atomic E-state index is 12.8. The van der Waals surface area contributed by atoms with Crippen LogP contribution in [0, 0.1) is 0 Å². The van der Waals surface area contributed by atoms with Crippen molar-refractivity contribution in [1.29, 1.82) is 0 Å². The second-order valence-corrected chi connectivity index (χ2v) is 6.23. The van der Waals surface area contributed by atoms with E-state index in [-0.39, 0.29) is 5.91 Å². The molecule has 0 saturated heterocycles. The smallest absolute Gasteiger partial charge is 0.258 e. The van der Waals surface area contributed by atoms with Gasteiger partial charge < -0.3 is 21.1 Å². The molecule has 4 rings (SSSR count). The van der Waals surface area contributed by atoms with Gasteiger partial charge in [0.15, 0.2) is 0 Å². The Labute approximate surface area is 157 Å². The number of hydrogen-bond donors (Lipinski definition) is 3. The molecule has 1 heterocycles. The van der Waals surface area contributed by atoms with Crippen LogP contribution in [0.1, 0.15) is 11.1 Å². The number of methoxy groups -OCH3 is 1. The quantitative estimate of drug-likeness (QED) is 0.483. The summed E-state index contributed by atoms with van der Waals surface area (Å²) in [6, 6.07) is 22.8. The van der Waals surface area contributed by atoms with Crippen molar-refractivity contribution in [3.63, 3.8) is 0 Å². The molecule has 1 aliphatic heterocycles. The molecule has 1 aliphatic rings. The Morgan fingerprint density at radius 1 is 1.00 bits per heavy atom. The van der Waals surface area contributed by atoms with Crippen LogP contribution in [0.2, 0.25) is 0 Å². The van der Waals surface area contributed by atoms with Crippen molar-refractivity contribution < 1.29 is 9.53 Å². The van der Waals surface area contributed by atoms with Gasteiger partial charge in [-0.2, -0.15) is 0 Å². The van der Waals surface area contributed by atoms with E-state index in [0.717, 1.165) is 33.9 Å². The van der Waals surface area contributed by atoms with Crippen molar-refractivity contribution in [3.05, 3.63) is 83.9 Å². The van der Waals surface area contributed by atoms with Crippen molar-refractivity contribution in [2.24, 2.45) is 0 Å². The molecule has 27 heavy (non-hydrogen) atoms. The van der Waals surface area contributed by atoms with E-state index in [4.69, 9.17) is 10.5 Å². The Balaban J connectivity index is 1.87. The molecule has 0 fully saturated rings. The van der Waals surface area contributed by atoms with E-state index in [1.54, 1.807) is 13.2 Å². The largest absolute Gasteiger partial charge is 0.497 e. The predicted octanol–water partition coefficient (Wildman–Crippen LogP) is 4.21. The Kier molecular flexibility index (Phi) is 4.26. The van der Waals surface area contributed by atoms with Crippen LogP contribution < -0.4 is 21.1 Å². The molecule has 5 nitrogen and oxygen atoms in total. The molecule has 0 bridgehead atoms. The molecule has 0 spiro atoms. The fourth-order valence-corrected chi connectivity index (χ4v) is 3.14. The molecule has 0 aliphatic carbocycles. The van der Waals surface area contributed by atoms with Gasteiger partial charge in [0.1, 0.15) is 5.75 Å². The number of fused-ring (bicyclic) bond motifs is 1. The highest BCUT2D eigenvalue weighted by Crippen LogP contribution is 2.38. The number of amides is 1. The lowest BCUT2D eigenvalue weighted by atomic mass is 9.99. The molecule has 5 heteroatoms. The SMILES string of the molecule is COc1ccc(NC(=C2C(=O)Nc3ccc(N)cc32)c2ccccc2)cc1. The molecule has 3 aromatic rings. The van der Waals surface area contributed by atoms with Crippen LogP contribution in [-0.2, 0) is 4.79 Å². The summed E-state index contributed by atoms with van der Waals surface area (Å²) in [7, 11) is 1.63. The number of nitrogens with two attached hydrogens (primary N) is 1.